The predicted molar refractivity (Wildman–Crippen MR) is 138 cm³/mol. The molecule has 0 bridgehead atoms. The SMILES string of the molecule is C=C[C@H]1CCCc2c(C)ncnc2C1.Cc1nc2ncc(-c3ccc4c(c3)CNCCO4)cc2[nH]1. The molecule has 2 aliphatic rings. The molecule has 2 N–H and O–H groups in total. The first-order valence-electron chi connectivity index (χ1n) is 12.3. The molecule has 0 unspecified atom stereocenters. The van der Waals surface area contributed by atoms with Crippen LogP contribution in [0.15, 0.2) is 49.4 Å². The second-order valence-electron chi connectivity index (χ2n) is 9.24. The molecule has 4 heterocycles. The van der Waals surface area contributed by atoms with Crippen LogP contribution in [0, 0.1) is 19.8 Å². The lowest BCUT2D eigenvalue weighted by atomic mass is 10.0. The van der Waals surface area contributed by atoms with Gasteiger partial charge in [-0.2, -0.15) is 0 Å². The number of ether oxygens (including phenoxy) is 1. The van der Waals surface area contributed by atoms with Gasteiger partial charge in [0.1, 0.15) is 24.5 Å². The third kappa shape index (κ3) is 5.25. The van der Waals surface area contributed by atoms with Gasteiger partial charge in [-0.1, -0.05) is 12.1 Å². The normalized spacial score (nSPS) is 17.1. The van der Waals surface area contributed by atoms with E-state index in [0.29, 0.717) is 12.5 Å². The highest BCUT2D eigenvalue weighted by Gasteiger charge is 2.17. The zero-order chi connectivity index (χ0) is 24.2. The second kappa shape index (κ2) is 10.4. The zero-order valence-electron chi connectivity index (χ0n) is 20.5. The van der Waals surface area contributed by atoms with Gasteiger partial charge < -0.3 is 15.0 Å². The maximum absolute atomic E-state index is 5.72. The largest absolute Gasteiger partial charge is 0.492 e. The zero-order valence-corrected chi connectivity index (χ0v) is 20.5. The number of aromatic amines is 1. The third-order valence-electron chi connectivity index (χ3n) is 6.74. The third-order valence-corrected chi connectivity index (χ3v) is 6.74. The number of imidazole rings is 1. The van der Waals surface area contributed by atoms with Gasteiger partial charge >= 0.3 is 0 Å². The van der Waals surface area contributed by atoms with Gasteiger partial charge in [0, 0.05) is 41.8 Å². The monoisotopic (exact) mass is 468 g/mol. The molecule has 0 saturated carbocycles. The summed E-state index contributed by atoms with van der Waals surface area (Å²) in [5, 5.41) is 3.36. The number of hydrogen-bond donors (Lipinski definition) is 2. The van der Waals surface area contributed by atoms with Crippen molar-refractivity contribution in [2.24, 2.45) is 5.92 Å². The van der Waals surface area contributed by atoms with Crippen molar-refractivity contribution in [1.82, 2.24) is 30.2 Å². The molecule has 4 aromatic rings. The molecule has 1 aliphatic carbocycles. The number of allylic oxidation sites excluding steroid dienone is 1. The summed E-state index contributed by atoms with van der Waals surface area (Å²) in [4.78, 5) is 20.6. The highest BCUT2D eigenvalue weighted by molar-refractivity contribution is 5.78. The smallest absolute Gasteiger partial charge is 0.177 e. The number of nitrogens with one attached hydrogen (secondary N) is 2. The molecular formula is C28H32N6O. The van der Waals surface area contributed by atoms with Gasteiger partial charge in [-0.3, -0.25) is 0 Å². The molecule has 1 aliphatic heterocycles. The summed E-state index contributed by atoms with van der Waals surface area (Å²) in [5.41, 5.74) is 8.90. The Morgan fingerprint density at radius 2 is 2.03 bits per heavy atom. The Kier molecular flexibility index (Phi) is 6.86. The molecule has 0 amide bonds. The minimum Gasteiger partial charge on any atom is -0.492 e. The van der Waals surface area contributed by atoms with Crippen molar-refractivity contribution in [3.8, 4) is 16.9 Å². The molecule has 180 valence electrons. The maximum atomic E-state index is 5.72. The number of benzene rings is 1. The van der Waals surface area contributed by atoms with Gasteiger partial charge in [0.15, 0.2) is 5.65 Å². The first-order chi connectivity index (χ1) is 17.1. The number of nitrogens with zero attached hydrogens (tertiary/aromatic N) is 4. The summed E-state index contributed by atoms with van der Waals surface area (Å²) in [6, 6.07) is 8.38. The Hall–Kier alpha value is -3.58. The van der Waals surface area contributed by atoms with Crippen molar-refractivity contribution in [3.63, 3.8) is 0 Å². The van der Waals surface area contributed by atoms with Gasteiger partial charge in [-0.15, -0.1) is 6.58 Å². The first kappa shape index (κ1) is 23.2. The van der Waals surface area contributed by atoms with Crippen LogP contribution in [0.25, 0.3) is 22.3 Å². The van der Waals surface area contributed by atoms with Crippen LogP contribution in [0.5, 0.6) is 5.75 Å². The summed E-state index contributed by atoms with van der Waals surface area (Å²) in [6.07, 6.45) is 10.3. The van der Waals surface area contributed by atoms with Crippen LogP contribution in [-0.4, -0.2) is 38.1 Å². The van der Waals surface area contributed by atoms with E-state index in [1.54, 1.807) is 6.33 Å². The van der Waals surface area contributed by atoms with E-state index in [4.69, 9.17) is 4.74 Å². The van der Waals surface area contributed by atoms with Crippen LogP contribution in [0.2, 0.25) is 0 Å². The van der Waals surface area contributed by atoms with Crippen molar-refractivity contribution >= 4 is 11.2 Å². The van der Waals surface area contributed by atoms with Crippen LogP contribution in [0.1, 0.15) is 41.2 Å². The summed E-state index contributed by atoms with van der Waals surface area (Å²) in [7, 11) is 0. The van der Waals surface area contributed by atoms with Crippen molar-refractivity contribution in [2.75, 3.05) is 13.2 Å². The van der Waals surface area contributed by atoms with Gasteiger partial charge in [-0.25, -0.2) is 19.9 Å². The van der Waals surface area contributed by atoms with Crippen LogP contribution in [-0.2, 0) is 19.4 Å². The molecule has 1 aromatic carbocycles. The molecule has 0 spiro atoms. The van der Waals surface area contributed by atoms with Crippen molar-refractivity contribution in [1.29, 1.82) is 0 Å². The van der Waals surface area contributed by atoms with E-state index >= 15 is 0 Å². The fourth-order valence-electron chi connectivity index (χ4n) is 4.82. The van der Waals surface area contributed by atoms with Crippen molar-refractivity contribution in [2.45, 2.75) is 46.1 Å². The number of rotatable bonds is 2. The lowest BCUT2D eigenvalue weighted by Crippen LogP contribution is -2.16. The fraction of sp³-hybridized carbons (Fsp3) is 0.357. The molecular weight excluding hydrogens is 436 g/mol. The molecule has 0 radical (unpaired) electrons. The average Bonchev–Trinajstić information content (AvgIpc) is 3.02. The molecule has 0 saturated heterocycles. The highest BCUT2D eigenvalue weighted by Crippen LogP contribution is 2.28. The highest BCUT2D eigenvalue weighted by atomic mass is 16.5. The van der Waals surface area contributed by atoms with Crippen LogP contribution < -0.4 is 10.1 Å². The first-order valence-corrected chi connectivity index (χ1v) is 12.3. The Labute approximate surface area is 206 Å². The van der Waals surface area contributed by atoms with Crippen LogP contribution in [0.3, 0.4) is 0 Å². The van der Waals surface area contributed by atoms with E-state index in [9.17, 15) is 0 Å². The topological polar surface area (TPSA) is 88.6 Å². The maximum Gasteiger partial charge on any atom is 0.177 e. The van der Waals surface area contributed by atoms with E-state index in [1.807, 2.05) is 19.2 Å². The number of pyridine rings is 1. The Morgan fingerprint density at radius 3 is 2.91 bits per heavy atom. The van der Waals surface area contributed by atoms with Gasteiger partial charge in [0.05, 0.1) is 5.52 Å². The lowest BCUT2D eigenvalue weighted by Gasteiger charge is -2.09. The Morgan fingerprint density at radius 1 is 1.11 bits per heavy atom. The minimum atomic E-state index is 0.602. The summed E-state index contributed by atoms with van der Waals surface area (Å²) in [6.45, 7) is 10.3. The standard InChI is InChI=1S/C16H16N4O.C12H16N2/c1-10-19-14-7-12(9-18-16(14)20-10)11-2-3-15-13(6-11)8-17-4-5-21-15;1-3-10-5-4-6-11-9(2)13-8-14-12(11)7-10/h2-3,6-7,9,17H,4-5,8H2,1H3,(H,18,19,20);3,8,10H,1,4-7H2,2H3/t;10-/m.0/s1. The molecule has 35 heavy (non-hydrogen) atoms. The lowest BCUT2D eigenvalue weighted by molar-refractivity contribution is 0.326. The van der Waals surface area contributed by atoms with E-state index in [0.717, 1.165) is 65.5 Å². The second-order valence-corrected chi connectivity index (χ2v) is 9.24. The number of aromatic nitrogens is 5. The predicted octanol–water partition coefficient (Wildman–Crippen LogP) is 4.88. The molecule has 6 rings (SSSR count). The molecule has 7 heteroatoms. The molecule has 1 atom stereocenters. The van der Waals surface area contributed by atoms with Gasteiger partial charge in [0.2, 0.25) is 0 Å². The number of fused-ring (bicyclic) bond motifs is 3. The van der Waals surface area contributed by atoms with Gasteiger partial charge in [-0.05, 0) is 74.8 Å². The van der Waals surface area contributed by atoms with Crippen LogP contribution in [0.4, 0.5) is 0 Å². The van der Waals surface area contributed by atoms with Crippen LogP contribution >= 0.6 is 0 Å². The number of H-pyrrole nitrogens is 1. The quantitative estimate of drug-likeness (QED) is 0.322. The molecule has 3 aromatic heterocycles. The number of aryl methyl sites for hydroxylation is 2. The minimum absolute atomic E-state index is 0.602. The van der Waals surface area contributed by atoms with E-state index < -0.39 is 0 Å². The molecule has 0 fully saturated rings. The molecule has 7 nitrogen and oxygen atoms in total. The average molecular weight is 469 g/mol. The summed E-state index contributed by atoms with van der Waals surface area (Å²) < 4.78 is 5.72. The Balaban J connectivity index is 0.000000158. The fourth-order valence-corrected chi connectivity index (χ4v) is 4.82. The van der Waals surface area contributed by atoms with Crippen molar-refractivity contribution < 1.29 is 4.74 Å². The summed E-state index contributed by atoms with van der Waals surface area (Å²) in [5.74, 6) is 2.45. The van der Waals surface area contributed by atoms with Crippen molar-refractivity contribution in [3.05, 3.63) is 77.8 Å². The van der Waals surface area contributed by atoms with E-state index in [2.05, 4.69) is 68.0 Å². The van der Waals surface area contributed by atoms with E-state index in [-0.39, 0.29) is 0 Å². The number of hydrogen-bond acceptors (Lipinski definition) is 6. The van der Waals surface area contributed by atoms with Gasteiger partial charge in [0.25, 0.3) is 0 Å². The van der Waals surface area contributed by atoms with E-state index in [1.165, 1.54) is 29.7 Å². The summed E-state index contributed by atoms with van der Waals surface area (Å²) >= 11 is 0. The Bertz CT molecular complexity index is 1340.